The maximum atomic E-state index is 13.6. The van der Waals surface area contributed by atoms with Crippen LogP contribution in [-0.4, -0.2) is 7.05 Å². The summed E-state index contributed by atoms with van der Waals surface area (Å²) in [5.74, 6) is -0.200. The topological polar surface area (TPSA) is 29.3 Å². The normalized spacial score (nSPS) is 10.5. The number of anilines is 2. The summed E-state index contributed by atoms with van der Waals surface area (Å²) in [5, 5.41) is 0.515. The molecule has 0 saturated carbocycles. The van der Waals surface area contributed by atoms with E-state index >= 15 is 0 Å². The molecule has 0 radical (unpaired) electrons. The molecule has 0 bridgehead atoms. The number of aryl methyl sites for hydroxylation is 1. The van der Waals surface area contributed by atoms with Crippen molar-refractivity contribution in [3.8, 4) is 0 Å². The van der Waals surface area contributed by atoms with E-state index in [2.05, 4.69) is 0 Å². The molecule has 2 aromatic rings. The third-order valence-electron chi connectivity index (χ3n) is 3.09. The van der Waals surface area contributed by atoms with Crippen LogP contribution in [-0.2, 0) is 6.54 Å². The highest BCUT2D eigenvalue weighted by Gasteiger charge is 2.10. The van der Waals surface area contributed by atoms with Gasteiger partial charge in [-0.2, -0.15) is 0 Å². The van der Waals surface area contributed by atoms with Gasteiger partial charge in [-0.25, -0.2) is 4.39 Å². The molecule has 0 aliphatic heterocycles. The van der Waals surface area contributed by atoms with Gasteiger partial charge >= 0.3 is 0 Å². The Balaban J connectivity index is 2.28. The zero-order chi connectivity index (χ0) is 14.0. The molecule has 0 unspecified atom stereocenters. The molecule has 4 heteroatoms. The molecule has 0 spiro atoms. The molecule has 19 heavy (non-hydrogen) atoms. The predicted octanol–water partition coefficient (Wildman–Crippen LogP) is 4.01. The Morgan fingerprint density at radius 1 is 1.26 bits per heavy atom. The summed E-state index contributed by atoms with van der Waals surface area (Å²) in [4.78, 5) is 1.96. The van der Waals surface area contributed by atoms with Crippen LogP contribution in [0.2, 0.25) is 5.02 Å². The van der Waals surface area contributed by atoms with E-state index in [4.69, 9.17) is 17.3 Å². The van der Waals surface area contributed by atoms with Crippen LogP contribution in [0.15, 0.2) is 36.4 Å². The van der Waals surface area contributed by atoms with E-state index in [1.165, 1.54) is 6.07 Å². The molecular formula is C15H16ClFN2. The van der Waals surface area contributed by atoms with E-state index in [-0.39, 0.29) is 5.82 Å². The third kappa shape index (κ3) is 2.99. The van der Waals surface area contributed by atoms with Gasteiger partial charge in [-0.15, -0.1) is 0 Å². The second-order valence-electron chi connectivity index (χ2n) is 4.61. The molecule has 2 aromatic carbocycles. The number of rotatable bonds is 3. The van der Waals surface area contributed by atoms with Gasteiger partial charge in [-0.3, -0.25) is 0 Å². The summed E-state index contributed by atoms with van der Waals surface area (Å²) in [6.45, 7) is 2.44. The average Bonchev–Trinajstić information content (AvgIpc) is 2.36. The van der Waals surface area contributed by atoms with E-state index in [9.17, 15) is 4.39 Å². The zero-order valence-corrected chi connectivity index (χ0v) is 11.7. The fraction of sp³-hybridized carbons (Fsp3) is 0.200. The number of benzene rings is 2. The van der Waals surface area contributed by atoms with Gasteiger partial charge in [0.25, 0.3) is 0 Å². The van der Waals surface area contributed by atoms with Gasteiger partial charge in [0.05, 0.1) is 10.7 Å². The molecule has 100 valence electrons. The van der Waals surface area contributed by atoms with Crippen molar-refractivity contribution >= 4 is 23.0 Å². The first-order valence-corrected chi connectivity index (χ1v) is 6.37. The first-order valence-electron chi connectivity index (χ1n) is 5.99. The molecule has 2 N–H and O–H groups in total. The van der Waals surface area contributed by atoms with Crippen molar-refractivity contribution in [2.75, 3.05) is 17.7 Å². The summed E-state index contributed by atoms with van der Waals surface area (Å²) < 4.78 is 13.6. The van der Waals surface area contributed by atoms with Gasteiger partial charge in [0.2, 0.25) is 0 Å². The van der Waals surface area contributed by atoms with Crippen molar-refractivity contribution in [2.24, 2.45) is 0 Å². The van der Waals surface area contributed by atoms with Crippen LogP contribution in [0, 0.1) is 12.7 Å². The van der Waals surface area contributed by atoms with Crippen molar-refractivity contribution in [3.63, 3.8) is 0 Å². The van der Waals surface area contributed by atoms with Crippen LogP contribution < -0.4 is 10.6 Å². The number of nitrogens with two attached hydrogens (primary N) is 1. The highest BCUT2D eigenvalue weighted by Crippen LogP contribution is 2.29. The number of nitrogen functional groups attached to an aromatic ring is 1. The first-order chi connectivity index (χ1) is 8.99. The van der Waals surface area contributed by atoms with Gasteiger partial charge in [0.15, 0.2) is 0 Å². The van der Waals surface area contributed by atoms with Gasteiger partial charge < -0.3 is 10.6 Å². The molecule has 2 nitrogen and oxygen atoms in total. The van der Waals surface area contributed by atoms with E-state index in [1.807, 2.05) is 37.1 Å². The SMILES string of the molecule is Cc1cc(N)c(Cl)cc1N(C)Cc1ccccc1F. The molecule has 0 heterocycles. The number of nitrogens with zero attached hydrogens (tertiary/aromatic N) is 1. The second kappa shape index (κ2) is 5.49. The average molecular weight is 279 g/mol. The van der Waals surface area contributed by atoms with Crippen LogP contribution in [0.1, 0.15) is 11.1 Å². The van der Waals surface area contributed by atoms with Crippen LogP contribution in [0.4, 0.5) is 15.8 Å². The summed E-state index contributed by atoms with van der Waals surface area (Å²) in [6.07, 6.45) is 0. The van der Waals surface area contributed by atoms with Crippen LogP contribution in [0.3, 0.4) is 0 Å². The van der Waals surface area contributed by atoms with E-state index < -0.39 is 0 Å². The lowest BCUT2D eigenvalue weighted by Gasteiger charge is -2.22. The zero-order valence-electron chi connectivity index (χ0n) is 11.0. The molecule has 0 amide bonds. The highest BCUT2D eigenvalue weighted by atomic mass is 35.5. The smallest absolute Gasteiger partial charge is 0.128 e. The van der Waals surface area contributed by atoms with Crippen molar-refractivity contribution in [1.29, 1.82) is 0 Å². The quantitative estimate of drug-likeness (QED) is 0.860. The summed E-state index contributed by atoms with van der Waals surface area (Å²) >= 11 is 6.04. The lowest BCUT2D eigenvalue weighted by molar-refractivity contribution is 0.608. The van der Waals surface area contributed by atoms with Crippen molar-refractivity contribution in [1.82, 2.24) is 0 Å². The first kappa shape index (κ1) is 13.7. The Bertz CT molecular complexity index is 599. The molecule has 0 atom stereocenters. The Labute approximate surface area is 117 Å². The lowest BCUT2D eigenvalue weighted by atomic mass is 10.1. The van der Waals surface area contributed by atoms with Crippen LogP contribution >= 0.6 is 11.6 Å². The Hall–Kier alpha value is -1.74. The van der Waals surface area contributed by atoms with Crippen LogP contribution in [0.25, 0.3) is 0 Å². The van der Waals surface area contributed by atoms with E-state index in [0.717, 1.165) is 11.3 Å². The minimum atomic E-state index is -0.200. The fourth-order valence-corrected chi connectivity index (χ4v) is 2.23. The largest absolute Gasteiger partial charge is 0.398 e. The summed E-state index contributed by atoms with van der Waals surface area (Å²) in [6, 6.07) is 10.4. The predicted molar refractivity (Wildman–Crippen MR) is 79.1 cm³/mol. The van der Waals surface area contributed by atoms with Crippen molar-refractivity contribution in [3.05, 3.63) is 58.4 Å². The van der Waals surface area contributed by atoms with Crippen molar-refractivity contribution in [2.45, 2.75) is 13.5 Å². The number of hydrogen-bond donors (Lipinski definition) is 1. The summed E-state index contributed by atoms with van der Waals surface area (Å²) in [7, 11) is 1.90. The molecule has 0 aliphatic carbocycles. The monoisotopic (exact) mass is 278 g/mol. The Kier molecular flexibility index (Phi) is 3.96. The third-order valence-corrected chi connectivity index (χ3v) is 3.42. The van der Waals surface area contributed by atoms with Gasteiger partial charge in [-0.1, -0.05) is 29.8 Å². The molecular weight excluding hydrogens is 263 g/mol. The Morgan fingerprint density at radius 2 is 1.95 bits per heavy atom. The van der Waals surface area contributed by atoms with Crippen LogP contribution in [0.5, 0.6) is 0 Å². The van der Waals surface area contributed by atoms with Crippen molar-refractivity contribution < 1.29 is 4.39 Å². The number of halogens is 2. The molecule has 2 rings (SSSR count). The maximum Gasteiger partial charge on any atom is 0.128 e. The van der Waals surface area contributed by atoms with E-state index in [0.29, 0.717) is 22.8 Å². The van der Waals surface area contributed by atoms with Gasteiger partial charge in [0, 0.05) is 24.8 Å². The van der Waals surface area contributed by atoms with E-state index in [1.54, 1.807) is 12.1 Å². The van der Waals surface area contributed by atoms with Gasteiger partial charge in [-0.05, 0) is 30.7 Å². The minimum Gasteiger partial charge on any atom is -0.398 e. The van der Waals surface area contributed by atoms with Gasteiger partial charge in [0.1, 0.15) is 5.82 Å². The highest BCUT2D eigenvalue weighted by molar-refractivity contribution is 6.33. The Morgan fingerprint density at radius 3 is 2.63 bits per heavy atom. The number of hydrogen-bond acceptors (Lipinski definition) is 2. The summed E-state index contributed by atoms with van der Waals surface area (Å²) in [5.41, 5.74) is 8.93. The maximum absolute atomic E-state index is 13.6. The standard InChI is InChI=1S/C15H16ClFN2/c1-10-7-14(18)12(16)8-15(10)19(2)9-11-5-3-4-6-13(11)17/h3-8H,9,18H2,1-2H3. The molecule has 0 aliphatic rings. The molecule has 0 aromatic heterocycles. The second-order valence-corrected chi connectivity index (χ2v) is 5.01. The fourth-order valence-electron chi connectivity index (χ4n) is 2.07. The minimum absolute atomic E-state index is 0.200. The molecule has 0 saturated heterocycles. The molecule has 0 fully saturated rings. The lowest BCUT2D eigenvalue weighted by Crippen LogP contribution is -2.18.